The van der Waals surface area contributed by atoms with Crippen LogP contribution in [0.1, 0.15) is 5.56 Å². The van der Waals surface area contributed by atoms with E-state index < -0.39 is 0 Å². The van der Waals surface area contributed by atoms with Gasteiger partial charge in [0, 0.05) is 21.9 Å². The van der Waals surface area contributed by atoms with Crippen LogP contribution in [0.2, 0.25) is 0 Å². The molecule has 0 saturated carbocycles. The van der Waals surface area contributed by atoms with E-state index in [1.807, 2.05) is 0 Å². The normalized spacial score (nSPS) is 10.2. The third-order valence-electron chi connectivity index (χ3n) is 2.22. The first-order valence-electron chi connectivity index (χ1n) is 4.93. The fourth-order valence-corrected chi connectivity index (χ4v) is 1.70. The van der Waals surface area contributed by atoms with Crippen LogP contribution in [-0.4, -0.2) is 4.98 Å². The van der Waals surface area contributed by atoms with E-state index in [9.17, 15) is 4.39 Å². The molecule has 0 radical (unpaired) electrons. The third kappa shape index (κ3) is 2.94. The van der Waals surface area contributed by atoms with E-state index in [4.69, 9.17) is 10.5 Å². The number of nitrogens with two attached hydrogens (primary N) is 1. The Labute approximate surface area is 107 Å². The Kier molecular flexibility index (Phi) is 3.58. The Bertz CT molecular complexity index is 513. The smallest absolute Gasteiger partial charge is 0.139 e. The van der Waals surface area contributed by atoms with Gasteiger partial charge in [0.1, 0.15) is 18.2 Å². The molecule has 0 aliphatic heterocycles. The summed E-state index contributed by atoms with van der Waals surface area (Å²) in [7, 11) is 0. The van der Waals surface area contributed by atoms with Gasteiger partial charge in [0.2, 0.25) is 0 Å². The highest BCUT2D eigenvalue weighted by atomic mass is 79.9. The lowest BCUT2D eigenvalue weighted by Crippen LogP contribution is -2.03. The fourth-order valence-electron chi connectivity index (χ4n) is 1.35. The van der Waals surface area contributed by atoms with Gasteiger partial charge in [-0.15, -0.1) is 0 Å². The summed E-state index contributed by atoms with van der Waals surface area (Å²) in [4.78, 5) is 3.94. The van der Waals surface area contributed by atoms with Gasteiger partial charge >= 0.3 is 0 Å². The van der Waals surface area contributed by atoms with Crippen LogP contribution in [0.3, 0.4) is 0 Å². The minimum absolute atomic E-state index is 0.0800. The number of hydrogen-bond donors (Lipinski definition) is 1. The molecule has 0 amide bonds. The summed E-state index contributed by atoms with van der Waals surface area (Å²) in [6.07, 6.45) is 3.20. The topological polar surface area (TPSA) is 48.1 Å². The summed E-state index contributed by atoms with van der Waals surface area (Å²) in [5.74, 6) is 0.190. The van der Waals surface area contributed by atoms with Gasteiger partial charge in [-0.1, -0.05) is 6.07 Å². The molecule has 1 heterocycles. The van der Waals surface area contributed by atoms with Gasteiger partial charge in [-0.25, -0.2) is 4.39 Å². The van der Waals surface area contributed by atoms with Crippen molar-refractivity contribution in [2.75, 3.05) is 5.73 Å². The summed E-state index contributed by atoms with van der Waals surface area (Å²) in [6, 6.07) is 6.31. The second kappa shape index (κ2) is 5.14. The first-order valence-corrected chi connectivity index (χ1v) is 5.72. The maximum absolute atomic E-state index is 13.4. The van der Waals surface area contributed by atoms with E-state index in [2.05, 4.69) is 20.9 Å². The van der Waals surface area contributed by atoms with E-state index in [0.717, 1.165) is 4.47 Å². The van der Waals surface area contributed by atoms with Crippen molar-refractivity contribution in [1.82, 2.24) is 4.98 Å². The lowest BCUT2D eigenvalue weighted by Gasteiger charge is -2.09. The van der Waals surface area contributed by atoms with Crippen LogP contribution in [-0.2, 0) is 6.61 Å². The van der Waals surface area contributed by atoms with Crippen LogP contribution >= 0.6 is 15.9 Å². The molecule has 0 aliphatic rings. The van der Waals surface area contributed by atoms with Crippen molar-refractivity contribution in [2.45, 2.75) is 6.61 Å². The molecule has 2 N–H and O–H groups in total. The Morgan fingerprint density at radius 3 is 2.88 bits per heavy atom. The standard InChI is InChI=1S/C12H10BrFN2O/c13-8-4-9(6-16-5-8)17-7-10-11(14)2-1-3-12(10)15/h1-6H,7,15H2. The molecule has 0 unspecified atom stereocenters. The fraction of sp³-hybridized carbons (Fsp3) is 0.0833. The van der Waals surface area contributed by atoms with Gasteiger partial charge < -0.3 is 10.5 Å². The Balaban J connectivity index is 2.13. The molecule has 0 aliphatic carbocycles. The molecule has 2 rings (SSSR count). The number of hydrogen-bond acceptors (Lipinski definition) is 3. The minimum atomic E-state index is -0.368. The number of anilines is 1. The number of nitrogens with zero attached hydrogens (tertiary/aromatic N) is 1. The predicted molar refractivity (Wildman–Crippen MR) is 67.1 cm³/mol. The van der Waals surface area contributed by atoms with Crippen molar-refractivity contribution in [2.24, 2.45) is 0 Å². The second-order valence-corrected chi connectivity index (χ2v) is 4.35. The third-order valence-corrected chi connectivity index (χ3v) is 2.65. The zero-order valence-corrected chi connectivity index (χ0v) is 10.4. The molecule has 0 saturated heterocycles. The van der Waals surface area contributed by atoms with E-state index in [-0.39, 0.29) is 12.4 Å². The van der Waals surface area contributed by atoms with Crippen LogP contribution < -0.4 is 10.5 Å². The van der Waals surface area contributed by atoms with Crippen molar-refractivity contribution in [3.8, 4) is 5.75 Å². The molecular formula is C12H10BrFN2O. The Morgan fingerprint density at radius 1 is 1.35 bits per heavy atom. The van der Waals surface area contributed by atoms with Crippen LogP contribution in [0.25, 0.3) is 0 Å². The quantitative estimate of drug-likeness (QED) is 0.885. The highest BCUT2D eigenvalue weighted by Crippen LogP contribution is 2.20. The van der Waals surface area contributed by atoms with Crippen molar-refractivity contribution >= 4 is 21.6 Å². The maximum atomic E-state index is 13.4. The molecular weight excluding hydrogens is 287 g/mol. The average Bonchev–Trinajstić information content (AvgIpc) is 2.28. The van der Waals surface area contributed by atoms with Crippen molar-refractivity contribution in [3.05, 3.63) is 52.5 Å². The van der Waals surface area contributed by atoms with E-state index in [1.165, 1.54) is 6.07 Å². The molecule has 88 valence electrons. The van der Waals surface area contributed by atoms with Gasteiger partial charge in [0.25, 0.3) is 0 Å². The first-order chi connectivity index (χ1) is 8.16. The van der Waals surface area contributed by atoms with E-state index in [1.54, 1.807) is 30.6 Å². The molecule has 3 nitrogen and oxygen atoms in total. The Hall–Kier alpha value is -1.62. The van der Waals surface area contributed by atoms with Gasteiger partial charge in [0.05, 0.1) is 6.20 Å². The van der Waals surface area contributed by atoms with Gasteiger partial charge in [-0.3, -0.25) is 4.98 Å². The number of benzene rings is 1. The van der Waals surface area contributed by atoms with Crippen molar-refractivity contribution in [1.29, 1.82) is 0 Å². The summed E-state index contributed by atoms with van der Waals surface area (Å²) in [6.45, 7) is 0.0800. The molecule has 0 atom stereocenters. The summed E-state index contributed by atoms with van der Waals surface area (Å²) >= 11 is 3.28. The molecule has 0 spiro atoms. The molecule has 17 heavy (non-hydrogen) atoms. The van der Waals surface area contributed by atoms with Gasteiger partial charge in [0.15, 0.2) is 0 Å². The summed E-state index contributed by atoms with van der Waals surface area (Å²) in [5, 5.41) is 0. The zero-order chi connectivity index (χ0) is 12.3. The molecule has 1 aromatic heterocycles. The van der Waals surface area contributed by atoms with Crippen molar-refractivity contribution < 1.29 is 9.13 Å². The highest BCUT2D eigenvalue weighted by molar-refractivity contribution is 9.10. The second-order valence-electron chi connectivity index (χ2n) is 3.44. The molecule has 0 bridgehead atoms. The van der Waals surface area contributed by atoms with Crippen LogP contribution in [0, 0.1) is 5.82 Å². The zero-order valence-electron chi connectivity index (χ0n) is 8.86. The van der Waals surface area contributed by atoms with Crippen molar-refractivity contribution in [3.63, 3.8) is 0 Å². The number of nitrogen functional groups attached to an aromatic ring is 1. The SMILES string of the molecule is Nc1cccc(F)c1COc1cncc(Br)c1. The maximum Gasteiger partial charge on any atom is 0.139 e. The van der Waals surface area contributed by atoms with Gasteiger partial charge in [-0.05, 0) is 34.1 Å². The van der Waals surface area contributed by atoms with Gasteiger partial charge in [-0.2, -0.15) is 0 Å². The van der Waals surface area contributed by atoms with Crippen LogP contribution in [0.4, 0.5) is 10.1 Å². The molecule has 1 aromatic carbocycles. The lowest BCUT2D eigenvalue weighted by atomic mass is 10.2. The Morgan fingerprint density at radius 2 is 2.18 bits per heavy atom. The number of ether oxygens (including phenoxy) is 1. The average molecular weight is 297 g/mol. The van der Waals surface area contributed by atoms with E-state index in [0.29, 0.717) is 17.0 Å². The highest BCUT2D eigenvalue weighted by Gasteiger charge is 2.06. The first kappa shape index (κ1) is 11.9. The number of pyridine rings is 1. The summed E-state index contributed by atoms with van der Waals surface area (Å²) < 4.78 is 19.7. The lowest BCUT2D eigenvalue weighted by molar-refractivity contribution is 0.299. The molecule has 0 fully saturated rings. The minimum Gasteiger partial charge on any atom is -0.487 e. The monoisotopic (exact) mass is 296 g/mol. The largest absolute Gasteiger partial charge is 0.487 e. The predicted octanol–water partition coefficient (Wildman–Crippen LogP) is 3.14. The number of halogens is 2. The molecule has 5 heteroatoms. The molecule has 2 aromatic rings. The summed E-state index contributed by atoms with van der Waals surface area (Å²) in [5.41, 5.74) is 6.41. The van der Waals surface area contributed by atoms with Crippen LogP contribution in [0.15, 0.2) is 41.1 Å². The van der Waals surface area contributed by atoms with Crippen LogP contribution in [0.5, 0.6) is 5.75 Å². The number of rotatable bonds is 3. The van der Waals surface area contributed by atoms with E-state index >= 15 is 0 Å². The number of aromatic nitrogens is 1.